The highest BCUT2D eigenvalue weighted by Crippen LogP contribution is 2.20. The van der Waals surface area contributed by atoms with Crippen molar-refractivity contribution in [3.63, 3.8) is 0 Å². The van der Waals surface area contributed by atoms with Crippen molar-refractivity contribution < 1.29 is 9.59 Å². The zero-order valence-corrected chi connectivity index (χ0v) is 13.5. The smallest absolute Gasteiger partial charge is 0.315 e. The van der Waals surface area contributed by atoms with E-state index in [-0.39, 0.29) is 12.5 Å². The number of hydrogen-bond acceptors (Lipinski definition) is 3. The molecule has 0 radical (unpaired) electrons. The summed E-state index contributed by atoms with van der Waals surface area (Å²) < 4.78 is 0. The molecule has 0 atom stereocenters. The summed E-state index contributed by atoms with van der Waals surface area (Å²) in [5, 5.41) is 8.95. The normalized spacial score (nSPS) is 10.2. The van der Waals surface area contributed by atoms with Gasteiger partial charge in [0.15, 0.2) is 0 Å². The first-order valence-electron chi connectivity index (χ1n) is 7.91. The van der Waals surface area contributed by atoms with Crippen LogP contribution in [0.25, 0.3) is 10.9 Å². The number of carbonyl (C=O) groups excluding carboxylic acids is 2. The van der Waals surface area contributed by atoms with Crippen LogP contribution in [0.15, 0.2) is 66.9 Å². The van der Waals surface area contributed by atoms with Crippen molar-refractivity contribution in [1.29, 1.82) is 0 Å². The molecule has 25 heavy (non-hydrogen) atoms. The number of anilines is 1. The number of hydrogen-bond donors (Lipinski definition) is 3. The fraction of sp³-hybridized carbons (Fsp3) is 0.105. The van der Waals surface area contributed by atoms with Crippen molar-refractivity contribution in [3.8, 4) is 0 Å². The number of amides is 3. The van der Waals surface area contributed by atoms with Crippen molar-refractivity contribution >= 4 is 28.5 Å². The van der Waals surface area contributed by atoms with Crippen LogP contribution in [0.3, 0.4) is 0 Å². The van der Waals surface area contributed by atoms with E-state index in [1.165, 1.54) is 0 Å². The number of aromatic nitrogens is 1. The largest absolute Gasteiger partial charge is 0.334 e. The molecule has 3 amide bonds. The Morgan fingerprint density at radius 2 is 1.68 bits per heavy atom. The van der Waals surface area contributed by atoms with Gasteiger partial charge in [0, 0.05) is 18.1 Å². The van der Waals surface area contributed by atoms with Gasteiger partial charge < -0.3 is 16.0 Å². The average molecular weight is 334 g/mol. The minimum Gasteiger partial charge on any atom is -0.334 e. The van der Waals surface area contributed by atoms with Gasteiger partial charge >= 0.3 is 6.03 Å². The van der Waals surface area contributed by atoms with E-state index < -0.39 is 6.03 Å². The Morgan fingerprint density at radius 1 is 0.880 bits per heavy atom. The summed E-state index contributed by atoms with van der Waals surface area (Å²) in [4.78, 5) is 28.1. The molecule has 0 saturated heterocycles. The third kappa shape index (κ3) is 4.54. The molecule has 3 aromatic rings. The third-order valence-electron chi connectivity index (χ3n) is 3.61. The molecular formula is C19H18N4O2. The van der Waals surface area contributed by atoms with E-state index in [9.17, 15) is 9.59 Å². The maximum Gasteiger partial charge on any atom is 0.315 e. The second kappa shape index (κ2) is 7.92. The van der Waals surface area contributed by atoms with E-state index in [0.29, 0.717) is 17.7 Å². The highest BCUT2D eigenvalue weighted by atomic mass is 16.2. The summed E-state index contributed by atoms with van der Waals surface area (Å²) in [6.07, 6.45) is 1.67. The summed E-state index contributed by atoms with van der Waals surface area (Å²) in [7, 11) is 0. The first-order valence-corrected chi connectivity index (χ1v) is 7.91. The summed E-state index contributed by atoms with van der Waals surface area (Å²) in [5.74, 6) is -0.312. The van der Waals surface area contributed by atoms with Gasteiger partial charge in [-0.1, -0.05) is 48.5 Å². The van der Waals surface area contributed by atoms with Crippen molar-refractivity contribution in [2.45, 2.75) is 6.54 Å². The number of benzene rings is 2. The van der Waals surface area contributed by atoms with E-state index in [1.807, 2.05) is 54.6 Å². The number of rotatable bonds is 5. The Labute approximate surface area is 145 Å². The molecule has 6 nitrogen and oxygen atoms in total. The van der Waals surface area contributed by atoms with Gasteiger partial charge in [0.2, 0.25) is 5.91 Å². The van der Waals surface area contributed by atoms with Crippen LogP contribution < -0.4 is 16.0 Å². The molecule has 1 heterocycles. The average Bonchev–Trinajstić information content (AvgIpc) is 2.66. The highest BCUT2D eigenvalue weighted by Gasteiger charge is 2.08. The van der Waals surface area contributed by atoms with Gasteiger partial charge in [-0.15, -0.1) is 0 Å². The number of nitrogens with zero attached hydrogens (tertiary/aromatic N) is 1. The van der Waals surface area contributed by atoms with Crippen LogP contribution in [0.4, 0.5) is 10.5 Å². The molecule has 0 saturated carbocycles. The summed E-state index contributed by atoms with van der Waals surface area (Å²) >= 11 is 0. The van der Waals surface area contributed by atoms with E-state index in [0.717, 1.165) is 10.9 Å². The number of pyridine rings is 1. The lowest BCUT2D eigenvalue weighted by molar-refractivity contribution is -0.115. The molecule has 3 N–H and O–H groups in total. The van der Waals surface area contributed by atoms with Crippen LogP contribution in [-0.4, -0.2) is 23.5 Å². The quantitative estimate of drug-likeness (QED) is 0.671. The van der Waals surface area contributed by atoms with Crippen molar-refractivity contribution in [1.82, 2.24) is 15.6 Å². The molecule has 0 aliphatic heterocycles. The monoisotopic (exact) mass is 334 g/mol. The molecule has 6 heteroatoms. The molecule has 0 unspecified atom stereocenters. The van der Waals surface area contributed by atoms with Crippen molar-refractivity contribution in [3.05, 3.63) is 72.4 Å². The summed E-state index contributed by atoms with van der Waals surface area (Å²) in [6.45, 7) is 0.283. The van der Waals surface area contributed by atoms with Gasteiger partial charge in [-0.3, -0.25) is 9.78 Å². The highest BCUT2D eigenvalue weighted by molar-refractivity contribution is 6.01. The molecule has 2 aromatic carbocycles. The molecule has 126 valence electrons. The van der Waals surface area contributed by atoms with Crippen molar-refractivity contribution in [2.24, 2.45) is 0 Å². The predicted molar refractivity (Wildman–Crippen MR) is 97.1 cm³/mol. The minimum atomic E-state index is -0.393. The molecule has 0 aliphatic rings. The predicted octanol–water partition coefficient (Wildman–Crippen LogP) is 2.67. The van der Waals surface area contributed by atoms with Gasteiger partial charge in [-0.05, 0) is 17.7 Å². The minimum absolute atomic E-state index is 0.121. The molecule has 0 spiro atoms. The summed E-state index contributed by atoms with van der Waals surface area (Å²) in [5.41, 5.74) is 2.32. The zero-order valence-electron chi connectivity index (χ0n) is 13.5. The standard InChI is InChI=1S/C19H18N4O2/c24-17(13-22-19(25)21-12-14-6-2-1-3-7-14)23-16-10-4-8-15-9-5-11-20-18(15)16/h1-11H,12-13H2,(H,23,24)(H2,21,22,25). The second-order valence-corrected chi connectivity index (χ2v) is 5.45. The van der Waals surface area contributed by atoms with E-state index in [2.05, 4.69) is 20.9 Å². The Balaban J connectivity index is 1.50. The molecule has 0 fully saturated rings. The maximum atomic E-state index is 12.1. The Hall–Kier alpha value is -3.41. The van der Waals surface area contributed by atoms with Gasteiger partial charge in [0.25, 0.3) is 0 Å². The van der Waals surface area contributed by atoms with Crippen LogP contribution in [-0.2, 0) is 11.3 Å². The van der Waals surface area contributed by atoms with Crippen LogP contribution >= 0.6 is 0 Å². The topological polar surface area (TPSA) is 83.1 Å². The first kappa shape index (κ1) is 16.4. The van der Waals surface area contributed by atoms with Gasteiger partial charge in [-0.25, -0.2) is 4.79 Å². The van der Waals surface area contributed by atoms with Crippen LogP contribution in [0, 0.1) is 0 Å². The van der Waals surface area contributed by atoms with Crippen LogP contribution in [0.2, 0.25) is 0 Å². The molecule has 1 aromatic heterocycles. The third-order valence-corrected chi connectivity index (χ3v) is 3.61. The van der Waals surface area contributed by atoms with E-state index >= 15 is 0 Å². The van der Waals surface area contributed by atoms with E-state index in [4.69, 9.17) is 0 Å². The number of urea groups is 1. The van der Waals surface area contributed by atoms with Crippen LogP contribution in [0.5, 0.6) is 0 Å². The van der Waals surface area contributed by atoms with Crippen molar-refractivity contribution in [2.75, 3.05) is 11.9 Å². The van der Waals surface area contributed by atoms with Gasteiger partial charge in [-0.2, -0.15) is 0 Å². The maximum absolute atomic E-state index is 12.1. The lowest BCUT2D eigenvalue weighted by Gasteiger charge is -2.10. The van der Waals surface area contributed by atoms with Gasteiger partial charge in [0.1, 0.15) is 0 Å². The molecule has 0 aliphatic carbocycles. The first-order chi connectivity index (χ1) is 12.2. The van der Waals surface area contributed by atoms with Gasteiger partial charge in [0.05, 0.1) is 17.7 Å². The Kier molecular flexibility index (Phi) is 5.21. The van der Waals surface area contributed by atoms with E-state index in [1.54, 1.807) is 12.3 Å². The Morgan fingerprint density at radius 3 is 2.52 bits per heavy atom. The summed E-state index contributed by atoms with van der Waals surface area (Å²) in [6, 6.07) is 18.5. The zero-order chi connectivity index (χ0) is 17.5. The Bertz CT molecular complexity index is 875. The molecular weight excluding hydrogens is 316 g/mol. The number of fused-ring (bicyclic) bond motifs is 1. The number of carbonyl (C=O) groups is 2. The number of para-hydroxylation sites is 1. The second-order valence-electron chi connectivity index (χ2n) is 5.45. The lowest BCUT2D eigenvalue weighted by atomic mass is 10.2. The number of nitrogens with one attached hydrogen (secondary N) is 3. The molecule has 0 bridgehead atoms. The SMILES string of the molecule is O=C(CNC(=O)NCc1ccccc1)Nc1cccc2cccnc12. The fourth-order valence-electron chi connectivity index (χ4n) is 2.40. The fourth-order valence-corrected chi connectivity index (χ4v) is 2.40. The lowest BCUT2D eigenvalue weighted by Crippen LogP contribution is -2.39. The van der Waals surface area contributed by atoms with Crippen LogP contribution in [0.1, 0.15) is 5.56 Å². The molecule has 3 rings (SSSR count).